The van der Waals surface area contributed by atoms with Crippen LogP contribution in [0.2, 0.25) is 5.02 Å². The van der Waals surface area contributed by atoms with Gasteiger partial charge >= 0.3 is 0 Å². The van der Waals surface area contributed by atoms with E-state index in [2.05, 4.69) is 5.32 Å². The van der Waals surface area contributed by atoms with E-state index in [1.807, 2.05) is 44.0 Å². The number of halogens is 1. The van der Waals surface area contributed by atoms with Crippen LogP contribution in [0.15, 0.2) is 30.3 Å². The van der Waals surface area contributed by atoms with Gasteiger partial charge in [0.2, 0.25) is 5.91 Å². The second-order valence-corrected chi connectivity index (χ2v) is 6.94. The number of rotatable bonds is 8. The number of hydrogen-bond acceptors (Lipinski definition) is 5. The molecule has 0 aliphatic carbocycles. The Morgan fingerprint density at radius 2 is 1.82 bits per heavy atom. The molecular formula is C21H27ClN2O4. The highest BCUT2D eigenvalue weighted by molar-refractivity contribution is 6.31. The van der Waals surface area contributed by atoms with Gasteiger partial charge in [0.15, 0.2) is 11.5 Å². The Kier molecular flexibility index (Phi) is 7.54. The fourth-order valence-corrected chi connectivity index (χ4v) is 3.00. The number of ether oxygens (including phenoxy) is 3. The molecule has 0 saturated heterocycles. The van der Waals surface area contributed by atoms with Crippen LogP contribution < -0.4 is 19.5 Å². The highest BCUT2D eigenvalue weighted by atomic mass is 35.5. The van der Waals surface area contributed by atoms with E-state index in [0.717, 1.165) is 11.1 Å². The molecule has 0 heterocycles. The van der Waals surface area contributed by atoms with Crippen LogP contribution in [0.1, 0.15) is 18.1 Å². The van der Waals surface area contributed by atoms with Crippen LogP contribution in [-0.2, 0) is 11.3 Å². The minimum atomic E-state index is -0.392. The van der Waals surface area contributed by atoms with Crippen LogP contribution in [0, 0.1) is 6.92 Å². The number of anilines is 1. The van der Waals surface area contributed by atoms with Crippen molar-refractivity contribution in [1.29, 1.82) is 0 Å². The summed E-state index contributed by atoms with van der Waals surface area (Å²) in [5.41, 5.74) is 2.39. The summed E-state index contributed by atoms with van der Waals surface area (Å²) in [4.78, 5) is 14.7. The largest absolute Gasteiger partial charge is 0.495 e. The van der Waals surface area contributed by atoms with Gasteiger partial charge in [-0.3, -0.25) is 9.69 Å². The third kappa shape index (κ3) is 4.88. The van der Waals surface area contributed by atoms with E-state index in [1.54, 1.807) is 33.5 Å². The van der Waals surface area contributed by atoms with Gasteiger partial charge < -0.3 is 19.5 Å². The van der Waals surface area contributed by atoms with Crippen molar-refractivity contribution in [2.45, 2.75) is 26.4 Å². The van der Waals surface area contributed by atoms with Gasteiger partial charge in [0, 0.05) is 23.2 Å². The molecule has 28 heavy (non-hydrogen) atoms. The van der Waals surface area contributed by atoms with E-state index in [4.69, 9.17) is 25.8 Å². The van der Waals surface area contributed by atoms with Crippen molar-refractivity contribution in [2.75, 3.05) is 33.7 Å². The standard InChI is InChI=1S/C21H27ClN2O4/c1-13-10-17(19(27-5)11-16(13)22)23-21(25)14(2)24(3)12-15-8-7-9-18(26-4)20(15)28-6/h7-11,14H,12H2,1-6H3,(H,23,25). The van der Waals surface area contributed by atoms with Crippen molar-refractivity contribution >= 4 is 23.2 Å². The molecule has 2 rings (SSSR count). The van der Waals surface area contributed by atoms with Gasteiger partial charge in [0.1, 0.15) is 5.75 Å². The van der Waals surface area contributed by atoms with E-state index in [1.165, 1.54) is 0 Å². The molecule has 6 nitrogen and oxygen atoms in total. The predicted molar refractivity (Wildman–Crippen MR) is 112 cm³/mol. The summed E-state index contributed by atoms with van der Waals surface area (Å²) in [6.07, 6.45) is 0. The number of likely N-dealkylation sites (N-methyl/N-ethyl adjacent to an activating group) is 1. The van der Waals surface area contributed by atoms with Crippen LogP contribution >= 0.6 is 11.6 Å². The molecule has 0 radical (unpaired) electrons. The molecule has 7 heteroatoms. The third-order valence-corrected chi connectivity index (χ3v) is 5.09. The summed E-state index contributed by atoms with van der Waals surface area (Å²) in [6.45, 7) is 4.24. The SMILES string of the molecule is COc1cc(Cl)c(C)cc1NC(=O)C(C)N(C)Cc1cccc(OC)c1OC. The lowest BCUT2D eigenvalue weighted by Crippen LogP contribution is -2.39. The van der Waals surface area contributed by atoms with Crippen LogP contribution in [0.25, 0.3) is 0 Å². The normalized spacial score (nSPS) is 11.9. The Hall–Kier alpha value is -2.44. The van der Waals surface area contributed by atoms with Crippen molar-refractivity contribution in [3.05, 3.63) is 46.5 Å². The molecule has 1 atom stereocenters. The zero-order valence-corrected chi connectivity index (χ0v) is 17.9. The Bertz CT molecular complexity index is 841. The van der Waals surface area contributed by atoms with E-state index >= 15 is 0 Å². The maximum absolute atomic E-state index is 12.8. The average Bonchev–Trinajstić information content (AvgIpc) is 2.69. The van der Waals surface area contributed by atoms with Crippen LogP contribution in [0.4, 0.5) is 5.69 Å². The molecule has 0 fully saturated rings. The Morgan fingerprint density at radius 1 is 1.14 bits per heavy atom. The van der Waals surface area contributed by atoms with Gasteiger partial charge in [-0.1, -0.05) is 23.7 Å². The van der Waals surface area contributed by atoms with Gasteiger partial charge in [-0.15, -0.1) is 0 Å². The zero-order valence-electron chi connectivity index (χ0n) is 17.1. The molecule has 0 aliphatic rings. The number of nitrogens with zero attached hydrogens (tertiary/aromatic N) is 1. The predicted octanol–water partition coefficient (Wildman–Crippen LogP) is 4.13. The number of aryl methyl sites for hydroxylation is 1. The van der Waals surface area contributed by atoms with E-state index in [0.29, 0.717) is 34.5 Å². The highest BCUT2D eigenvalue weighted by Gasteiger charge is 2.22. The van der Waals surface area contributed by atoms with E-state index in [-0.39, 0.29) is 5.91 Å². The Morgan fingerprint density at radius 3 is 2.43 bits per heavy atom. The lowest BCUT2D eigenvalue weighted by atomic mass is 10.1. The Balaban J connectivity index is 2.15. The minimum absolute atomic E-state index is 0.149. The monoisotopic (exact) mass is 406 g/mol. The molecule has 0 aliphatic heterocycles. The molecule has 0 spiro atoms. The van der Waals surface area contributed by atoms with Crippen molar-refractivity contribution in [3.8, 4) is 17.2 Å². The molecule has 2 aromatic rings. The quantitative estimate of drug-likeness (QED) is 0.714. The number of benzene rings is 2. The van der Waals surface area contributed by atoms with Gasteiger partial charge in [-0.05, 0) is 38.6 Å². The first-order valence-corrected chi connectivity index (χ1v) is 9.25. The number of methoxy groups -OCH3 is 3. The van der Waals surface area contributed by atoms with Gasteiger partial charge in [0.25, 0.3) is 0 Å². The summed E-state index contributed by atoms with van der Waals surface area (Å²) < 4.78 is 16.2. The van der Waals surface area contributed by atoms with Crippen molar-refractivity contribution in [2.24, 2.45) is 0 Å². The molecular weight excluding hydrogens is 380 g/mol. The fourth-order valence-electron chi connectivity index (χ4n) is 2.85. The van der Waals surface area contributed by atoms with Gasteiger partial charge in [-0.2, -0.15) is 0 Å². The first kappa shape index (κ1) is 21.9. The van der Waals surface area contributed by atoms with Crippen LogP contribution in [0.3, 0.4) is 0 Å². The summed E-state index contributed by atoms with van der Waals surface area (Å²) in [6, 6.07) is 8.80. The van der Waals surface area contributed by atoms with Gasteiger partial charge in [-0.25, -0.2) is 0 Å². The van der Waals surface area contributed by atoms with Crippen LogP contribution in [0.5, 0.6) is 17.2 Å². The number of amides is 1. The lowest BCUT2D eigenvalue weighted by Gasteiger charge is -2.25. The third-order valence-electron chi connectivity index (χ3n) is 4.68. The Labute approximate surface area is 171 Å². The topological polar surface area (TPSA) is 60.0 Å². The maximum Gasteiger partial charge on any atom is 0.241 e. The number of nitrogens with one attached hydrogen (secondary N) is 1. The molecule has 0 bridgehead atoms. The first-order valence-electron chi connectivity index (χ1n) is 8.87. The summed E-state index contributed by atoms with van der Waals surface area (Å²) in [7, 11) is 6.63. The lowest BCUT2D eigenvalue weighted by molar-refractivity contribution is -0.120. The van der Waals surface area contributed by atoms with E-state index in [9.17, 15) is 4.79 Å². The van der Waals surface area contributed by atoms with Crippen molar-refractivity contribution in [3.63, 3.8) is 0 Å². The minimum Gasteiger partial charge on any atom is -0.495 e. The number of carbonyl (C=O) groups excluding carboxylic acids is 1. The van der Waals surface area contributed by atoms with Gasteiger partial charge in [0.05, 0.1) is 33.1 Å². The molecule has 1 unspecified atom stereocenters. The summed E-state index contributed by atoms with van der Waals surface area (Å²) >= 11 is 6.13. The summed E-state index contributed by atoms with van der Waals surface area (Å²) in [5, 5.41) is 3.52. The van der Waals surface area contributed by atoms with Crippen molar-refractivity contribution in [1.82, 2.24) is 4.90 Å². The second kappa shape index (κ2) is 9.66. The van der Waals surface area contributed by atoms with E-state index < -0.39 is 6.04 Å². The zero-order chi connectivity index (χ0) is 20.8. The number of carbonyl (C=O) groups is 1. The maximum atomic E-state index is 12.8. The molecule has 0 aromatic heterocycles. The smallest absolute Gasteiger partial charge is 0.241 e. The number of para-hydroxylation sites is 1. The van der Waals surface area contributed by atoms with Crippen molar-refractivity contribution < 1.29 is 19.0 Å². The molecule has 152 valence electrons. The first-order chi connectivity index (χ1) is 13.3. The summed E-state index contributed by atoms with van der Waals surface area (Å²) in [5.74, 6) is 1.70. The molecule has 2 aromatic carbocycles. The second-order valence-electron chi connectivity index (χ2n) is 6.53. The molecule has 1 amide bonds. The fraction of sp³-hybridized carbons (Fsp3) is 0.381. The number of hydrogen-bond donors (Lipinski definition) is 1. The highest BCUT2D eigenvalue weighted by Crippen LogP contribution is 2.33. The average molecular weight is 407 g/mol. The van der Waals surface area contributed by atoms with Crippen LogP contribution in [-0.4, -0.2) is 45.2 Å². The molecule has 1 N–H and O–H groups in total. The molecule has 0 saturated carbocycles.